The quantitative estimate of drug-likeness (QED) is 0.488. The van der Waals surface area contributed by atoms with Crippen molar-refractivity contribution in [3.05, 3.63) is 95.6 Å². The van der Waals surface area contributed by atoms with Gasteiger partial charge in [-0.25, -0.2) is 8.42 Å². The van der Waals surface area contributed by atoms with Crippen LogP contribution in [0.3, 0.4) is 0 Å². The molecule has 6 nitrogen and oxygen atoms in total. The molecule has 0 saturated carbocycles. The first-order valence-electron chi connectivity index (χ1n) is 10.9. The Morgan fingerprint density at radius 3 is 2.36 bits per heavy atom. The number of hydrogen-bond donors (Lipinski definition) is 0. The maximum absolute atomic E-state index is 13.9. The molecule has 7 heteroatoms. The van der Waals surface area contributed by atoms with Gasteiger partial charge in [-0.05, 0) is 37.6 Å². The van der Waals surface area contributed by atoms with E-state index in [-0.39, 0.29) is 24.5 Å². The topological polar surface area (TPSA) is 72.9 Å². The number of para-hydroxylation sites is 1. The first-order valence-corrected chi connectivity index (χ1v) is 12.4. The lowest BCUT2D eigenvalue weighted by Crippen LogP contribution is -2.38. The number of carbonyl (C=O) groups excluding carboxylic acids is 1. The Morgan fingerprint density at radius 2 is 1.67 bits per heavy atom. The summed E-state index contributed by atoms with van der Waals surface area (Å²) in [6.07, 6.45) is -0.652. The van der Waals surface area contributed by atoms with Gasteiger partial charge >= 0.3 is 5.97 Å². The summed E-state index contributed by atoms with van der Waals surface area (Å²) in [5, 5.41) is 0. The molecule has 172 valence electrons. The zero-order chi connectivity index (χ0) is 23.4. The van der Waals surface area contributed by atoms with Crippen LogP contribution >= 0.6 is 0 Å². The van der Waals surface area contributed by atoms with Crippen LogP contribution in [-0.4, -0.2) is 31.8 Å². The number of ether oxygens (including phenoxy) is 2. The molecular formula is C26H27NO5S. The Kier molecular flexibility index (Phi) is 6.81. The number of sulfonamides is 1. The number of carbonyl (C=O) groups is 1. The highest BCUT2D eigenvalue weighted by molar-refractivity contribution is 7.89. The highest BCUT2D eigenvalue weighted by Crippen LogP contribution is 2.41. The van der Waals surface area contributed by atoms with Crippen molar-refractivity contribution in [3.8, 4) is 5.75 Å². The fraction of sp³-hybridized carbons (Fsp3) is 0.269. The molecule has 1 aliphatic heterocycles. The molecule has 0 amide bonds. The van der Waals surface area contributed by atoms with E-state index < -0.39 is 28.1 Å². The third-order valence-corrected chi connectivity index (χ3v) is 7.59. The lowest BCUT2D eigenvalue weighted by molar-refractivity contribution is -0.144. The van der Waals surface area contributed by atoms with Gasteiger partial charge in [-0.15, -0.1) is 0 Å². The number of rotatable bonds is 6. The molecule has 0 saturated heterocycles. The summed E-state index contributed by atoms with van der Waals surface area (Å²) in [6.45, 7) is 3.91. The van der Waals surface area contributed by atoms with Crippen LogP contribution in [0, 0.1) is 6.92 Å². The smallest absolute Gasteiger partial charge is 0.307 e. The van der Waals surface area contributed by atoms with Crippen molar-refractivity contribution in [2.75, 3.05) is 13.2 Å². The summed E-state index contributed by atoms with van der Waals surface area (Å²) in [7, 11) is -3.95. The molecular weight excluding hydrogens is 438 g/mol. The number of esters is 1. The van der Waals surface area contributed by atoms with E-state index in [2.05, 4.69) is 0 Å². The van der Waals surface area contributed by atoms with Crippen molar-refractivity contribution in [2.24, 2.45) is 0 Å². The van der Waals surface area contributed by atoms with Gasteiger partial charge in [0.25, 0.3) is 0 Å². The average molecular weight is 466 g/mol. The Hall–Kier alpha value is -3.16. The summed E-state index contributed by atoms with van der Waals surface area (Å²) < 4.78 is 40.7. The number of hydrogen-bond acceptors (Lipinski definition) is 5. The molecule has 0 unspecified atom stereocenters. The molecule has 1 heterocycles. The molecule has 0 aliphatic carbocycles. The van der Waals surface area contributed by atoms with Gasteiger partial charge in [-0.3, -0.25) is 4.79 Å². The van der Waals surface area contributed by atoms with Gasteiger partial charge in [-0.1, -0.05) is 66.2 Å². The van der Waals surface area contributed by atoms with Gasteiger partial charge in [0.05, 0.1) is 30.5 Å². The predicted molar refractivity (Wildman–Crippen MR) is 125 cm³/mol. The first-order chi connectivity index (χ1) is 15.9. The zero-order valence-corrected chi connectivity index (χ0v) is 19.5. The van der Waals surface area contributed by atoms with Crippen LogP contribution in [0.5, 0.6) is 5.75 Å². The Labute approximate surface area is 194 Å². The summed E-state index contributed by atoms with van der Waals surface area (Å²) in [6, 6.07) is 22.8. The molecule has 1 aliphatic rings. The van der Waals surface area contributed by atoms with E-state index in [4.69, 9.17) is 9.47 Å². The third-order valence-electron chi connectivity index (χ3n) is 5.70. The molecule has 33 heavy (non-hydrogen) atoms. The molecule has 0 spiro atoms. The van der Waals surface area contributed by atoms with Crippen LogP contribution in [-0.2, 0) is 19.6 Å². The fourth-order valence-corrected chi connectivity index (χ4v) is 5.65. The maximum Gasteiger partial charge on any atom is 0.307 e. The Bertz CT molecular complexity index is 1210. The van der Waals surface area contributed by atoms with Crippen LogP contribution in [0.25, 0.3) is 0 Å². The Balaban J connectivity index is 1.86. The summed E-state index contributed by atoms with van der Waals surface area (Å²) in [4.78, 5) is 12.7. The maximum atomic E-state index is 13.9. The van der Waals surface area contributed by atoms with Crippen molar-refractivity contribution in [1.82, 2.24) is 4.31 Å². The summed E-state index contributed by atoms with van der Waals surface area (Å²) in [5.74, 6) is 0.0989. The van der Waals surface area contributed by atoms with E-state index in [9.17, 15) is 13.2 Å². The van der Waals surface area contributed by atoms with E-state index >= 15 is 0 Å². The highest BCUT2D eigenvalue weighted by atomic mass is 32.2. The molecule has 0 radical (unpaired) electrons. The van der Waals surface area contributed by atoms with Gasteiger partial charge in [-0.2, -0.15) is 4.31 Å². The first kappa shape index (κ1) is 23.0. The molecule has 2 atom stereocenters. The minimum Gasteiger partial charge on any atom is -0.484 e. The van der Waals surface area contributed by atoms with E-state index in [1.165, 1.54) is 4.31 Å². The number of aryl methyl sites for hydroxylation is 1. The molecule has 0 aromatic heterocycles. The fourth-order valence-electron chi connectivity index (χ4n) is 4.04. The second-order valence-corrected chi connectivity index (χ2v) is 9.86. The summed E-state index contributed by atoms with van der Waals surface area (Å²) in [5.41, 5.74) is 2.46. The second kappa shape index (κ2) is 9.77. The normalized spacial score (nSPS) is 18.6. The monoisotopic (exact) mass is 465 g/mol. The molecule has 3 aromatic carbocycles. The largest absolute Gasteiger partial charge is 0.484 e. The van der Waals surface area contributed by atoms with Crippen LogP contribution in [0.4, 0.5) is 0 Å². The minimum atomic E-state index is -3.95. The lowest BCUT2D eigenvalue weighted by atomic mass is 10.0. The van der Waals surface area contributed by atoms with E-state index in [0.717, 1.165) is 11.1 Å². The number of benzene rings is 3. The lowest BCUT2D eigenvalue weighted by Gasteiger charge is -2.30. The standard InChI is InChI=1S/C26H27NO5S/c1-3-31-26(28)17-23-22-11-7-8-12-24(22)32-25(20-9-5-4-6-10-20)18-27(23)33(29,30)21-15-13-19(2)14-16-21/h4-16,23,25H,3,17-18H2,1-2H3/t23-,25+/m1/s1. The van der Waals surface area contributed by atoms with Crippen molar-refractivity contribution in [1.29, 1.82) is 0 Å². The van der Waals surface area contributed by atoms with Gasteiger partial charge in [0, 0.05) is 5.56 Å². The number of fused-ring (bicyclic) bond motifs is 1. The third kappa shape index (κ3) is 4.94. The SMILES string of the molecule is CCOC(=O)C[C@@H]1c2ccccc2O[C@H](c2ccccc2)CN1S(=O)(=O)c1ccc(C)cc1. The van der Waals surface area contributed by atoms with Crippen LogP contribution < -0.4 is 4.74 Å². The van der Waals surface area contributed by atoms with Crippen LogP contribution in [0.2, 0.25) is 0 Å². The molecule has 0 N–H and O–H groups in total. The van der Waals surface area contributed by atoms with Crippen molar-refractivity contribution in [2.45, 2.75) is 37.3 Å². The van der Waals surface area contributed by atoms with E-state index in [1.54, 1.807) is 31.2 Å². The van der Waals surface area contributed by atoms with Gasteiger partial charge in [0.2, 0.25) is 10.0 Å². The minimum absolute atomic E-state index is 0.0545. The second-order valence-electron chi connectivity index (χ2n) is 7.97. The zero-order valence-electron chi connectivity index (χ0n) is 18.7. The van der Waals surface area contributed by atoms with Crippen molar-refractivity contribution in [3.63, 3.8) is 0 Å². The average Bonchev–Trinajstić information content (AvgIpc) is 2.98. The van der Waals surface area contributed by atoms with Gasteiger partial charge in [0.15, 0.2) is 0 Å². The predicted octanol–water partition coefficient (Wildman–Crippen LogP) is 4.81. The van der Waals surface area contributed by atoms with Gasteiger partial charge < -0.3 is 9.47 Å². The molecule has 3 aromatic rings. The van der Waals surface area contributed by atoms with Crippen LogP contribution in [0.1, 0.15) is 42.2 Å². The summed E-state index contributed by atoms with van der Waals surface area (Å²) >= 11 is 0. The van der Waals surface area contributed by atoms with Crippen molar-refractivity contribution >= 4 is 16.0 Å². The van der Waals surface area contributed by atoms with E-state index in [1.807, 2.05) is 61.5 Å². The molecule has 0 bridgehead atoms. The molecule has 0 fully saturated rings. The Morgan fingerprint density at radius 1 is 1.00 bits per heavy atom. The molecule has 4 rings (SSSR count). The van der Waals surface area contributed by atoms with Crippen molar-refractivity contribution < 1.29 is 22.7 Å². The van der Waals surface area contributed by atoms with Crippen LogP contribution in [0.15, 0.2) is 83.8 Å². The number of nitrogens with zero attached hydrogens (tertiary/aromatic N) is 1. The van der Waals surface area contributed by atoms with E-state index in [0.29, 0.717) is 11.3 Å². The highest BCUT2D eigenvalue weighted by Gasteiger charge is 2.40. The van der Waals surface area contributed by atoms with Gasteiger partial charge in [0.1, 0.15) is 11.9 Å².